The summed E-state index contributed by atoms with van der Waals surface area (Å²) in [4.78, 5) is 25.1. The number of nitrogens with one attached hydrogen (secondary N) is 1. The lowest BCUT2D eigenvalue weighted by atomic mass is 10.1. The Hall–Kier alpha value is -2.09. The molecular formula is C13H22N4O4. The number of nitrogens with zero attached hydrogens (tertiary/aromatic N) is 3. The van der Waals surface area contributed by atoms with Crippen LogP contribution in [0.25, 0.3) is 0 Å². The molecule has 1 rings (SSSR count). The van der Waals surface area contributed by atoms with Gasteiger partial charge in [-0.2, -0.15) is 5.10 Å². The SMILES string of the molecule is COCCN(C(=O)NC(C(=O)O)c1cnn(C)c1)C(C)C. The van der Waals surface area contributed by atoms with Gasteiger partial charge in [-0.1, -0.05) is 0 Å². The standard InChI is InChI=1S/C13H22N4O4/c1-9(2)17(5-6-21-4)13(20)15-11(12(18)19)10-7-14-16(3)8-10/h7-9,11H,5-6H2,1-4H3,(H,15,20)(H,18,19). The zero-order chi connectivity index (χ0) is 16.0. The van der Waals surface area contributed by atoms with E-state index < -0.39 is 18.0 Å². The number of carbonyl (C=O) groups is 2. The van der Waals surface area contributed by atoms with Crippen LogP contribution in [0.4, 0.5) is 4.79 Å². The molecular weight excluding hydrogens is 276 g/mol. The lowest BCUT2D eigenvalue weighted by molar-refractivity contribution is -0.139. The van der Waals surface area contributed by atoms with Gasteiger partial charge in [0.15, 0.2) is 6.04 Å². The van der Waals surface area contributed by atoms with E-state index in [2.05, 4.69) is 10.4 Å². The predicted octanol–water partition coefficient (Wildman–Crippen LogP) is 0.612. The normalized spacial score (nSPS) is 12.2. The van der Waals surface area contributed by atoms with E-state index in [1.54, 1.807) is 20.4 Å². The molecule has 0 saturated carbocycles. The van der Waals surface area contributed by atoms with Crippen LogP contribution in [-0.2, 0) is 16.6 Å². The molecule has 2 amide bonds. The van der Waals surface area contributed by atoms with Crippen LogP contribution in [0.2, 0.25) is 0 Å². The molecule has 0 aliphatic rings. The van der Waals surface area contributed by atoms with Gasteiger partial charge >= 0.3 is 12.0 Å². The number of ether oxygens (including phenoxy) is 1. The predicted molar refractivity (Wildman–Crippen MR) is 75.8 cm³/mol. The van der Waals surface area contributed by atoms with Crippen molar-refractivity contribution in [2.24, 2.45) is 7.05 Å². The van der Waals surface area contributed by atoms with Crippen LogP contribution in [0, 0.1) is 0 Å². The van der Waals surface area contributed by atoms with Crippen LogP contribution in [-0.4, -0.2) is 58.1 Å². The number of carboxylic acids is 1. The van der Waals surface area contributed by atoms with Crippen LogP contribution in [0.15, 0.2) is 12.4 Å². The minimum absolute atomic E-state index is 0.0662. The number of hydrogen-bond donors (Lipinski definition) is 2. The van der Waals surface area contributed by atoms with Gasteiger partial charge in [0.1, 0.15) is 0 Å². The number of carboxylic acid groups (broad SMARTS) is 1. The molecule has 0 aromatic carbocycles. The minimum Gasteiger partial charge on any atom is -0.479 e. The maximum atomic E-state index is 12.3. The third kappa shape index (κ3) is 4.75. The van der Waals surface area contributed by atoms with Crippen molar-refractivity contribution < 1.29 is 19.4 Å². The number of methoxy groups -OCH3 is 1. The molecule has 0 radical (unpaired) electrons. The highest BCUT2D eigenvalue weighted by atomic mass is 16.5. The largest absolute Gasteiger partial charge is 0.479 e. The lowest BCUT2D eigenvalue weighted by Gasteiger charge is -2.28. The highest BCUT2D eigenvalue weighted by Gasteiger charge is 2.26. The number of aryl methyl sites for hydroxylation is 1. The Bertz CT molecular complexity index is 486. The maximum Gasteiger partial charge on any atom is 0.331 e. The first-order valence-corrected chi connectivity index (χ1v) is 6.64. The van der Waals surface area contributed by atoms with Crippen molar-refractivity contribution in [3.63, 3.8) is 0 Å². The average Bonchev–Trinajstić information content (AvgIpc) is 2.82. The Morgan fingerprint density at radius 1 is 1.52 bits per heavy atom. The lowest BCUT2D eigenvalue weighted by Crippen LogP contribution is -2.47. The summed E-state index contributed by atoms with van der Waals surface area (Å²) < 4.78 is 6.45. The zero-order valence-corrected chi connectivity index (χ0v) is 12.7. The number of aromatic nitrogens is 2. The van der Waals surface area contributed by atoms with Crippen molar-refractivity contribution in [1.29, 1.82) is 0 Å². The highest BCUT2D eigenvalue weighted by Crippen LogP contribution is 2.13. The Morgan fingerprint density at radius 2 is 2.19 bits per heavy atom. The maximum absolute atomic E-state index is 12.3. The molecule has 0 spiro atoms. The number of urea groups is 1. The molecule has 1 aromatic heterocycles. The number of amides is 2. The van der Waals surface area contributed by atoms with E-state index in [0.29, 0.717) is 18.7 Å². The van der Waals surface area contributed by atoms with Gasteiger partial charge in [-0.25, -0.2) is 9.59 Å². The summed E-state index contributed by atoms with van der Waals surface area (Å²) in [6, 6.07) is -1.64. The highest BCUT2D eigenvalue weighted by molar-refractivity contribution is 5.83. The fourth-order valence-corrected chi connectivity index (χ4v) is 1.87. The van der Waals surface area contributed by atoms with Crippen LogP contribution < -0.4 is 5.32 Å². The molecule has 118 valence electrons. The Balaban J connectivity index is 2.82. The summed E-state index contributed by atoms with van der Waals surface area (Å²) >= 11 is 0. The smallest absolute Gasteiger partial charge is 0.331 e. The summed E-state index contributed by atoms with van der Waals surface area (Å²) in [6.07, 6.45) is 2.99. The molecule has 21 heavy (non-hydrogen) atoms. The molecule has 1 unspecified atom stereocenters. The summed E-state index contributed by atoms with van der Waals surface area (Å²) in [5, 5.41) is 15.7. The number of aliphatic carboxylic acids is 1. The van der Waals surface area contributed by atoms with Gasteiger partial charge in [0, 0.05) is 38.5 Å². The van der Waals surface area contributed by atoms with E-state index in [1.165, 1.54) is 15.8 Å². The van der Waals surface area contributed by atoms with Gasteiger partial charge in [0.2, 0.25) is 0 Å². The topological polar surface area (TPSA) is 96.7 Å². The van der Waals surface area contributed by atoms with E-state index in [1.807, 2.05) is 13.8 Å². The molecule has 0 aliphatic heterocycles. The molecule has 1 heterocycles. The molecule has 2 N–H and O–H groups in total. The van der Waals surface area contributed by atoms with E-state index in [0.717, 1.165) is 0 Å². The van der Waals surface area contributed by atoms with Gasteiger partial charge < -0.3 is 20.1 Å². The monoisotopic (exact) mass is 298 g/mol. The summed E-state index contributed by atoms with van der Waals surface area (Å²) in [5.41, 5.74) is 0.425. The number of rotatable bonds is 7. The average molecular weight is 298 g/mol. The Labute approximate surface area is 123 Å². The fraction of sp³-hybridized carbons (Fsp3) is 0.615. The molecule has 1 aromatic rings. The molecule has 0 aliphatic carbocycles. The van der Waals surface area contributed by atoms with E-state index in [-0.39, 0.29) is 6.04 Å². The summed E-state index contributed by atoms with van der Waals surface area (Å²) in [7, 11) is 3.23. The van der Waals surface area contributed by atoms with Crippen LogP contribution in [0.3, 0.4) is 0 Å². The summed E-state index contributed by atoms with van der Waals surface area (Å²) in [6.45, 7) is 4.49. The minimum atomic E-state index is -1.13. The first-order valence-electron chi connectivity index (χ1n) is 6.64. The van der Waals surface area contributed by atoms with Crippen molar-refractivity contribution in [2.45, 2.75) is 25.9 Å². The van der Waals surface area contributed by atoms with Crippen molar-refractivity contribution in [3.05, 3.63) is 18.0 Å². The fourth-order valence-electron chi connectivity index (χ4n) is 1.87. The second-order valence-electron chi connectivity index (χ2n) is 4.95. The second-order valence-corrected chi connectivity index (χ2v) is 4.95. The van der Waals surface area contributed by atoms with E-state index in [4.69, 9.17) is 4.74 Å². The van der Waals surface area contributed by atoms with Crippen molar-refractivity contribution in [3.8, 4) is 0 Å². The third-order valence-corrected chi connectivity index (χ3v) is 2.99. The quantitative estimate of drug-likeness (QED) is 0.769. The van der Waals surface area contributed by atoms with E-state index >= 15 is 0 Å². The molecule has 8 nitrogen and oxygen atoms in total. The first kappa shape index (κ1) is 17.0. The molecule has 0 fully saturated rings. The van der Waals surface area contributed by atoms with Gasteiger partial charge in [-0.15, -0.1) is 0 Å². The molecule has 0 saturated heterocycles. The van der Waals surface area contributed by atoms with Crippen molar-refractivity contribution in [2.75, 3.05) is 20.3 Å². The van der Waals surface area contributed by atoms with E-state index in [9.17, 15) is 14.7 Å². The van der Waals surface area contributed by atoms with Gasteiger partial charge in [-0.3, -0.25) is 4.68 Å². The zero-order valence-electron chi connectivity index (χ0n) is 12.7. The number of hydrogen-bond acceptors (Lipinski definition) is 4. The first-order chi connectivity index (χ1) is 9.86. The van der Waals surface area contributed by atoms with Gasteiger partial charge in [0.05, 0.1) is 12.8 Å². The van der Waals surface area contributed by atoms with Crippen LogP contribution in [0.1, 0.15) is 25.5 Å². The second kappa shape index (κ2) is 7.63. The van der Waals surface area contributed by atoms with Crippen molar-refractivity contribution in [1.82, 2.24) is 20.0 Å². The Kier molecular flexibility index (Phi) is 6.16. The molecule has 0 bridgehead atoms. The summed E-state index contributed by atoms with van der Waals surface area (Å²) in [5.74, 6) is -1.13. The van der Waals surface area contributed by atoms with Gasteiger partial charge in [-0.05, 0) is 13.8 Å². The van der Waals surface area contributed by atoms with Crippen LogP contribution in [0.5, 0.6) is 0 Å². The van der Waals surface area contributed by atoms with Crippen molar-refractivity contribution >= 4 is 12.0 Å². The van der Waals surface area contributed by atoms with Gasteiger partial charge in [0.25, 0.3) is 0 Å². The van der Waals surface area contributed by atoms with Crippen LogP contribution >= 0.6 is 0 Å². The number of carbonyl (C=O) groups excluding carboxylic acids is 1. The molecule has 8 heteroatoms. The molecule has 1 atom stereocenters. The Morgan fingerprint density at radius 3 is 2.62 bits per heavy atom. The third-order valence-electron chi connectivity index (χ3n) is 2.99.